The van der Waals surface area contributed by atoms with Gasteiger partial charge in [0, 0.05) is 13.1 Å². The van der Waals surface area contributed by atoms with Crippen molar-refractivity contribution in [3.8, 4) is 0 Å². The van der Waals surface area contributed by atoms with E-state index in [9.17, 15) is 18.0 Å². The van der Waals surface area contributed by atoms with E-state index >= 15 is 0 Å². The van der Waals surface area contributed by atoms with Crippen LogP contribution in [0.5, 0.6) is 0 Å². The van der Waals surface area contributed by atoms with Crippen LogP contribution in [-0.4, -0.2) is 36.1 Å². The fourth-order valence-electron chi connectivity index (χ4n) is 2.11. The zero-order chi connectivity index (χ0) is 13.1. The van der Waals surface area contributed by atoms with Gasteiger partial charge >= 0.3 is 6.18 Å². The SMILES string of the molecule is CCC[C@@H](N)C(=O)N1CCCC(C(F)(F)F)C1. The van der Waals surface area contributed by atoms with Gasteiger partial charge in [-0.05, 0) is 19.3 Å². The van der Waals surface area contributed by atoms with Crippen LogP contribution in [0.25, 0.3) is 0 Å². The zero-order valence-corrected chi connectivity index (χ0v) is 9.96. The molecule has 3 nitrogen and oxygen atoms in total. The Kier molecular flexibility index (Phi) is 4.80. The first kappa shape index (κ1) is 14.3. The molecule has 0 aromatic rings. The second kappa shape index (κ2) is 5.71. The van der Waals surface area contributed by atoms with E-state index in [4.69, 9.17) is 5.73 Å². The van der Waals surface area contributed by atoms with Crippen molar-refractivity contribution < 1.29 is 18.0 Å². The lowest BCUT2D eigenvalue weighted by atomic mass is 9.96. The number of alkyl halides is 3. The Morgan fingerprint density at radius 1 is 1.53 bits per heavy atom. The highest BCUT2D eigenvalue weighted by Crippen LogP contribution is 2.33. The molecule has 1 fully saturated rings. The minimum absolute atomic E-state index is 0.107. The number of halogens is 3. The number of piperidine rings is 1. The molecule has 1 rings (SSSR count). The molecular formula is C11H19F3N2O. The molecule has 0 aliphatic carbocycles. The maximum atomic E-state index is 12.6. The smallest absolute Gasteiger partial charge is 0.341 e. The number of hydrogen-bond donors (Lipinski definition) is 1. The van der Waals surface area contributed by atoms with Crippen molar-refractivity contribution >= 4 is 5.91 Å². The molecule has 17 heavy (non-hydrogen) atoms. The van der Waals surface area contributed by atoms with Crippen LogP contribution in [-0.2, 0) is 4.79 Å². The number of nitrogens with two attached hydrogens (primary N) is 1. The van der Waals surface area contributed by atoms with E-state index in [1.54, 1.807) is 0 Å². The quantitative estimate of drug-likeness (QED) is 0.834. The lowest BCUT2D eigenvalue weighted by molar-refractivity contribution is -0.188. The van der Waals surface area contributed by atoms with Crippen molar-refractivity contribution in [1.82, 2.24) is 4.90 Å². The molecule has 1 heterocycles. The van der Waals surface area contributed by atoms with Gasteiger partial charge in [-0.25, -0.2) is 0 Å². The summed E-state index contributed by atoms with van der Waals surface area (Å²) < 4.78 is 37.7. The first-order valence-electron chi connectivity index (χ1n) is 5.97. The highest BCUT2D eigenvalue weighted by molar-refractivity contribution is 5.81. The summed E-state index contributed by atoms with van der Waals surface area (Å²) in [6, 6.07) is -0.660. The Labute approximate surface area is 99.1 Å². The molecule has 0 radical (unpaired) electrons. The fourth-order valence-corrected chi connectivity index (χ4v) is 2.11. The van der Waals surface area contributed by atoms with Gasteiger partial charge in [-0.15, -0.1) is 0 Å². The number of carbonyl (C=O) groups is 1. The Morgan fingerprint density at radius 3 is 2.71 bits per heavy atom. The molecule has 1 aliphatic rings. The molecule has 0 aromatic carbocycles. The molecule has 2 N–H and O–H groups in total. The molecule has 0 spiro atoms. The third-order valence-electron chi connectivity index (χ3n) is 3.11. The van der Waals surface area contributed by atoms with Crippen LogP contribution in [0.15, 0.2) is 0 Å². The van der Waals surface area contributed by atoms with E-state index in [2.05, 4.69) is 0 Å². The zero-order valence-electron chi connectivity index (χ0n) is 9.96. The fraction of sp³-hybridized carbons (Fsp3) is 0.909. The minimum atomic E-state index is -4.21. The maximum Gasteiger partial charge on any atom is 0.393 e. The van der Waals surface area contributed by atoms with Gasteiger partial charge in [-0.2, -0.15) is 13.2 Å². The van der Waals surface area contributed by atoms with Crippen LogP contribution in [0.4, 0.5) is 13.2 Å². The average Bonchev–Trinajstić information content (AvgIpc) is 2.27. The summed E-state index contributed by atoms with van der Waals surface area (Å²) in [6.45, 7) is 2.05. The van der Waals surface area contributed by atoms with Crippen LogP contribution in [0.3, 0.4) is 0 Å². The molecule has 0 bridgehead atoms. The first-order valence-corrected chi connectivity index (χ1v) is 5.97. The van der Waals surface area contributed by atoms with Gasteiger partial charge in [0.25, 0.3) is 0 Å². The predicted molar refractivity (Wildman–Crippen MR) is 58.2 cm³/mol. The van der Waals surface area contributed by atoms with Gasteiger partial charge in [0.1, 0.15) is 0 Å². The standard InChI is InChI=1S/C11H19F3N2O/c1-2-4-9(15)10(17)16-6-3-5-8(7-16)11(12,13)14/h8-9H,2-7,15H2,1H3/t8?,9-/m1/s1. The molecule has 1 saturated heterocycles. The molecule has 2 atom stereocenters. The Morgan fingerprint density at radius 2 is 2.18 bits per heavy atom. The van der Waals surface area contributed by atoms with E-state index in [1.807, 2.05) is 6.92 Å². The van der Waals surface area contributed by atoms with Crippen molar-refractivity contribution in [3.63, 3.8) is 0 Å². The Bertz CT molecular complexity index is 268. The van der Waals surface area contributed by atoms with Crippen molar-refractivity contribution in [1.29, 1.82) is 0 Å². The summed E-state index contributed by atoms with van der Waals surface area (Å²) in [4.78, 5) is 13.1. The second-order valence-electron chi connectivity index (χ2n) is 4.56. The van der Waals surface area contributed by atoms with E-state index in [-0.39, 0.29) is 18.9 Å². The lowest BCUT2D eigenvalue weighted by Gasteiger charge is -2.35. The number of carbonyl (C=O) groups excluding carboxylic acids is 1. The van der Waals surface area contributed by atoms with Gasteiger partial charge in [0.05, 0.1) is 12.0 Å². The minimum Gasteiger partial charge on any atom is -0.341 e. The molecular weight excluding hydrogens is 233 g/mol. The van der Waals surface area contributed by atoms with Crippen LogP contribution in [0.1, 0.15) is 32.6 Å². The summed E-state index contributed by atoms with van der Waals surface area (Å²) in [5.41, 5.74) is 5.64. The summed E-state index contributed by atoms with van der Waals surface area (Å²) in [5.74, 6) is -1.74. The van der Waals surface area contributed by atoms with E-state index in [0.29, 0.717) is 19.4 Å². The van der Waals surface area contributed by atoms with E-state index < -0.39 is 18.1 Å². The summed E-state index contributed by atoms with van der Waals surface area (Å²) >= 11 is 0. The molecule has 1 amide bonds. The van der Waals surface area contributed by atoms with Gasteiger partial charge in [0.15, 0.2) is 0 Å². The van der Waals surface area contributed by atoms with Crippen LogP contribution in [0, 0.1) is 5.92 Å². The maximum absolute atomic E-state index is 12.6. The number of likely N-dealkylation sites (tertiary alicyclic amines) is 1. The van der Waals surface area contributed by atoms with E-state index in [0.717, 1.165) is 6.42 Å². The van der Waals surface area contributed by atoms with Gasteiger partial charge in [-0.1, -0.05) is 13.3 Å². The molecule has 1 aliphatic heterocycles. The summed E-state index contributed by atoms with van der Waals surface area (Å²) in [6.07, 6.45) is -2.44. The molecule has 6 heteroatoms. The number of hydrogen-bond acceptors (Lipinski definition) is 2. The van der Waals surface area contributed by atoms with Crippen LogP contribution in [0.2, 0.25) is 0 Å². The summed E-state index contributed by atoms with van der Waals surface area (Å²) in [5, 5.41) is 0. The normalized spacial score (nSPS) is 23.6. The Hall–Kier alpha value is -0.780. The van der Waals surface area contributed by atoms with Crippen molar-refractivity contribution in [2.24, 2.45) is 11.7 Å². The molecule has 1 unspecified atom stereocenters. The lowest BCUT2D eigenvalue weighted by Crippen LogP contribution is -2.50. The highest BCUT2D eigenvalue weighted by Gasteiger charge is 2.43. The molecule has 100 valence electrons. The first-order chi connectivity index (χ1) is 7.86. The molecule has 0 aromatic heterocycles. The third-order valence-corrected chi connectivity index (χ3v) is 3.11. The third kappa shape index (κ3) is 3.87. The monoisotopic (exact) mass is 252 g/mol. The Balaban J connectivity index is 2.57. The topological polar surface area (TPSA) is 46.3 Å². The van der Waals surface area contributed by atoms with Crippen LogP contribution < -0.4 is 5.73 Å². The van der Waals surface area contributed by atoms with Gasteiger partial charge in [-0.3, -0.25) is 4.79 Å². The molecule has 0 saturated carbocycles. The summed E-state index contributed by atoms with van der Waals surface area (Å²) in [7, 11) is 0. The average molecular weight is 252 g/mol. The van der Waals surface area contributed by atoms with E-state index in [1.165, 1.54) is 4.90 Å². The van der Waals surface area contributed by atoms with Crippen molar-refractivity contribution in [2.45, 2.75) is 44.8 Å². The second-order valence-corrected chi connectivity index (χ2v) is 4.56. The number of amides is 1. The van der Waals surface area contributed by atoms with Gasteiger partial charge in [0.2, 0.25) is 5.91 Å². The number of rotatable bonds is 3. The van der Waals surface area contributed by atoms with Crippen molar-refractivity contribution in [3.05, 3.63) is 0 Å². The predicted octanol–water partition coefficient (Wildman–Crippen LogP) is 1.91. The largest absolute Gasteiger partial charge is 0.393 e. The van der Waals surface area contributed by atoms with Crippen LogP contribution >= 0.6 is 0 Å². The number of nitrogens with zero attached hydrogens (tertiary/aromatic N) is 1. The highest BCUT2D eigenvalue weighted by atomic mass is 19.4. The van der Waals surface area contributed by atoms with Crippen molar-refractivity contribution in [2.75, 3.05) is 13.1 Å². The van der Waals surface area contributed by atoms with Gasteiger partial charge < -0.3 is 10.6 Å².